The molecule has 1 aromatic rings. The van der Waals surface area contributed by atoms with E-state index in [0.717, 1.165) is 0 Å². The molecule has 0 unspecified atom stereocenters. The summed E-state index contributed by atoms with van der Waals surface area (Å²) in [6.45, 7) is 10.3. The Morgan fingerprint density at radius 3 is 2.42 bits per heavy atom. The lowest BCUT2D eigenvalue weighted by Gasteiger charge is -2.07. The predicted molar refractivity (Wildman–Crippen MR) is 55.4 cm³/mol. The van der Waals surface area contributed by atoms with Gasteiger partial charge in [-0.05, 0) is 24.0 Å². The van der Waals surface area contributed by atoms with Crippen LogP contribution in [0.3, 0.4) is 0 Å². The molecule has 0 heteroatoms. The highest BCUT2D eigenvalue weighted by Gasteiger charge is 1.99. The van der Waals surface area contributed by atoms with Crippen LogP contribution in [-0.4, -0.2) is 0 Å². The van der Waals surface area contributed by atoms with Crippen molar-refractivity contribution < 1.29 is 0 Å². The highest BCUT2D eigenvalue weighted by Crippen LogP contribution is 2.18. The molecule has 0 bridgehead atoms. The molecule has 0 aliphatic heterocycles. The van der Waals surface area contributed by atoms with Crippen molar-refractivity contribution in [2.24, 2.45) is 0 Å². The van der Waals surface area contributed by atoms with Gasteiger partial charge in [0.25, 0.3) is 0 Å². The van der Waals surface area contributed by atoms with E-state index in [0.29, 0.717) is 5.92 Å². The Hall–Kier alpha value is -1.04. The van der Waals surface area contributed by atoms with E-state index in [1.165, 1.54) is 16.7 Å². The van der Waals surface area contributed by atoms with Gasteiger partial charge >= 0.3 is 0 Å². The number of rotatable bonds is 2. The fourth-order valence-corrected chi connectivity index (χ4v) is 1.29. The molecule has 0 saturated carbocycles. The van der Waals surface area contributed by atoms with Crippen molar-refractivity contribution in [1.29, 1.82) is 0 Å². The average Bonchev–Trinajstić information content (AvgIpc) is 2.03. The molecule has 0 N–H and O–H groups in total. The van der Waals surface area contributed by atoms with Crippen molar-refractivity contribution in [3.8, 4) is 0 Å². The molecule has 0 nitrogen and oxygen atoms in total. The maximum Gasteiger partial charge on any atom is -0.0219 e. The van der Waals surface area contributed by atoms with Crippen molar-refractivity contribution in [2.45, 2.75) is 26.7 Å². The molecular weight excluding hydrogens is 144 g/mol. The van der Waals surface area contributed by atoms with Crippen LogP contribution in [0.2, 0.25) is 0 Å². The zero-order valence-electron chi connectivity index (χ0n) is 8.09. The zero-order chi connectivity index (χ0) is 9.14. The Labute approximate surface area is 74.9 Å². The maximum atomic E-state index is 3.77. The molecule has 1 aromatic carbocycles. The van der Waals surface area contributed by atoms with Gasteiger partial charge in [-0.1, -0.05) is 50.3 Å². The molecular formula is C12H16. The van der Waals surface area contributed by atoms with Crippen LogP contribution >= 0.6 is 0 Å². The first kappa shape index (κ1) is 9.05. The molecule has 0 heterocycles. The highest BCUT2D eigenvalue weighted by atomic mass is 14.0. The Morgan fingerprint density at radius 1 is 1.25 bits per heavy atom. The Bertz CT molecular complexity index is 282. The first-order valence-corrected chi connectivity index (χ1v) is 4.37. The van der Waals surface area contributed by atoms with Crippen molar-refractivity contribution in [1.82, 2.24) is 0 Å². The zero-order valence-corrected chi connectivity index (χ0v) is 8.09. The lowest BCUT2D eigenvalue weighted by molar-refractivity contribution is 0.864. The fraction of sp³-hybridized carbons (Fsp3) is 0.333. The molecule has 0 aliphatic carbocycles. The summed E-state index contributed by atoms with van der Waals surface area (Å²) >= 11 is 0. The predicted octanol–water partition coefficient (Wildman–Crippen LogP) is 3.76. The third-order valence-corrected chi connectivity index (χ3v) is 2.02. The second-order valence-electron chi connectivity index (χ2n) is 3.54. The molecule has 0 aromatic heterocycles. The molecule has 64 valence electrons. The summed E-state index contributed by atoms with van der Waals surface area (Å²) in [4.78, 5) is 0. The molecule has 0 atom stereocenters. The Kier molecular flexibility index (Phi) is 2.69. The highest BCUT2D eigenvalue weighted by molar-refractivity contribution is 5.50. The van der Waals surface area contributed by atoms with Gasteiger partial charge in [0, 0.05) is 0 Å². The number of hydrogen-bond donors (Lipinski definition) is 0. The van der Waals surface area contributed by atoms with Gasteiger partial charge in [0.15, 0.2) is 0 Å². The van der Waals surface area contributed by atoms with Gasteiger partial charge in [-0.25, -0.2) is 0 Å². The SMILES string of the molecule is C=Cc1cc(C)cc(C(C)C)c1. The first-order valence-electron chi connectivity index (χ1n) is 4.37. The summed E-state index contributed by atoms with van der Waals surface area (Å²) < 4.78 is 0. The summed E-state index contributed by atoms with van der Waals surface area (Å²) in [6, 6.07) is 6.58. The minimum absolute atomic E-state index is 0.601. The van der Waals surface area contributed by atoms with Crippen molar-refractivity contribution in [3.63, 3.8) is 0 Å². The molecule has 0 spiro atoms. The third-order valence-electron chi connectivity index (χ3n) is 2.02. The van der Waals surface area contributed by atoms with Crippen LogP contribution in [0, 0.1) is 6.92 Å². The second-order valence-corrected chi connectivity index (χ2v) is 3.54. The van der Waals surface area contributed by atoms with Crippen LogP contribution < -0.4 is 0 Å². The largest absolute Gasteiger partial charge is 0.0985 e. The van der Waals surface area contributed by atoms with Gasteiger partial charge in [0.2, 0.25) is 0 Å². The Morgan fingerprint density at radius 2 is 1.92 bits per heavy atom. The topological polar surface area (TPSA) is 0 Å². The summed E-state index contributed by atoms with van der Waals surface area (Å²) in [5.41, 5.74) is 3.93. The van der Waals surface area contributed by atoms with Gasteiger partial charge in [0.1, 0.15) is 0 Å². The van der Waals surface area contributed by atoms with E-state index in [1.54, 1.807) is 0 Å². The molecule has 1 rings (SSSR count). The minimum atomic E-state index is 0.601. The maximum absolute atomic E-state index is 3.77. The summed E-state index contributed by atoms with van der Waals surface area (Å²) in [5.74, 6) is 0.601. The van der Waals surface area contributed by atoms with Crippen LogP contribution in [0.15, 0.2) is 24.8 Å². The quantitative estimate of drug-likeness (QED) is 0.618. The van der Waals surface area contributed by atoms with Crippen LogP contribution in [-0.2, 0) is 0 Å². The van der Waals surface area contributed by atoms with Crippen LogP contribution in [0.1, 0.15) is 36.5 Å². The van der Waals surface area contributed by atoms with Gasteiger partial charge in [0.05, 0.1) is 0 Å². The van der Waals surface area contributed by atoms with E-state index in [2.05, 4.69) is 45.5 Å². The number of hydrogen-bond acceptors (Lipinski definition) is 0. The molecule has 0 amide bonds. The van der Waals surface area contributed by atoms with Gasteiger partial charge in [-0.15, -0.1) is 0 Å². The first-order chi connectivity index (χ1) is 5.63. The van der Waals surface area contributed by atoms with Crippen LogP contribution in [0.5, 0.6) is 0 Å². The molecule has 12 heavy (non-hydrogen) atoms. The van der Waals surface area contributed by atoms with E-state index in [9.17, 15) is 0 Å². The van der Waals surface area contributed by atoms with Crippen molar-refractivity contribution in [3.05, 3.63) is 41.5 Å². The fourth-order valence-electron chi connectivity index (χ4n) is 1.29. The number of aryl methyl sites for hydroxylation is 1. The summed E-state index contributed by atoms with van der Waals surface area (Å²) in [7, 11) is 0. The average molecular weight is 160 g/mol. The molecule has 0 fully saturated rings. The van der Waals surface area contributed by atoms with Gasteiger partial charge in [-0.2, -0.15) is 0 Å². The lowest BCUT2D eigenvalue weighted by atomic mass is 9.98. The van der Waals surface area contributed by atoms with E-state index in [4.69, 9.17) is 0 Å². The number of benzene rings is 1. The van der Waals surface area contributed by atoms with Crippen LogP contribution in [0.4, 0.5) is 0 Å². The van der Waals surface area contributed by atoms with Crippen molar-refractivity contribution >= 4 is 6.08 Å². The smallest absolute Gasteiger partial charge is 0.0219 e. The third kappa shape index (κ3) is 1.97. The van der Waals surface area contributed by atoms with Gasteiger partial charge in [-0.3, -0.25) is 0 Å². The van der Waals surface area contributed by atoms with E-state index >= 15 is 0 Å². The summed E-state index contributed by atoms with van der Waals surface area (Å²) in [5, 5.41) is 0. The molecule has 0 radical (unpaired) electrons. The summed E-state index contributed by atoms with van der Waals surface area (Å²) in [6.07, 6.45) is 1.90. The monoisotopic (exact) mass is 160 g/mol. The lowest BCUT2D eigenvalue weighted by Crippen LogP contribution is -1.89. The Balaban J connectivity index is 3.14. The second kappa shape index (κ2) is 3.57. The van der Waals surface area contributed by atoms with Gasteiger partial charge < -0.3 is 0 Å². The standard InChI is InChI=1S/C12H16/c1-5-11-6-10(4)7-12(8-11)9(2)3/h5-9H,1H2,2-4H3. The van der Waals surface area contributed by atoms with E-state index in [-0.39, 0.29) is 0 Å². The van der Waals surface area contributed by atoms with E-state index < -0.39 is 0 Å². The van der Waals surface area contributed by atoms with Crippen LogP contribution in [0.25, 0.3) is 6.08 Å². The van der Waals surface area contributed by atoms with Crippen molar-refractivity contribution in [2.75, 3.05) is 0 Å². The minimum Gasteiger partial charge on any atom is -0.0985 e. The van der Waals surface area contributed by atoms with E-state index in [1.807, 2.05) is 6.08 Å². The normalized spacial score (nSPS) is 10.3. The molecule has 0 aliphatic rings. The molecule has 0 saturated heterocycles.